The summed E-state index contributed by atoms with van der Waals surface area (Å²) in [5.74, 6) is -0.0901. The Hall–Kier alpha value is -1.80. The number of hydrogen-bond donors (Lipinski definition) is 1. The average Bonchev–Trinajstić information content (AvgIpc) is 2.54. The van der Waals surface area contributed by atoms with Crippen molar-refractivity contribution in [1.29, 1.82) is 0 Å². The molecule has 0 aromatic heterocycles. The van der Waals surface area contributed by atoms with Crippen molar-refractivity contribution in [3.05, 3.63) is 69.7 Å². The zero-order valence-electron chi connectivity index (χ0n) is 12.7. The van der Waals surface area contributed by atoms with Crippen LogP contribution in [0.4, 0.5) is 0 Å². The molecule has 0 spiro atoms. The molecule has 3 heteroatoms. The molecule has 2 nitrogen and oxygen atoms in total. The van der Waals surface area contributed by atoms with Crippen LogP contribution in [0.5, 0.6) is 0 Å². The van der Waals surface area contributed by atoms with Crippen molar-refractivity contribution < 1.29 is 4.79 Å². The summed E-state index contributed by atoms with van der Waals surface area (Å²) in [6, 6.07) is 13.6. The van der Waals surface area contributed by atoms with Gasteiger partial charge in [0.05, 0.1) is 6.04 Å². The van der Waals surface area contributed by atoms with Crippen molar-refractivity contribution in [2.45, 2.75) is 38.6 Å². The van der Waals surface area contributed by atoms with Gasteiger partial charge in [0, 0.05) is 10.6 Å². The molecule has 3 rings (SSSR count). The van der Waals surface area contributed by atoms with Crippen molar-refractivity contribution in [2.24, 2.45) is 0 Å². The van der Waals surface area contributed by atoms with Gasteiger partial charge in [-0.25, -0.2) is 0 Å². The first-order chi connectivity index (χ1) is 10.6. The fourth-order valence-corrected chi connectivity index (χ4v) is 3.21. The quantitative estimate of drug-likeness (QED) is 0.873. The minimum Gasteiger partial charge on any atom is -0.346 e. The van der Waals surface area contributed by atoms with Crippen LogP contribution in [0.1, 0.15) is 52.9 Å². The van der Waals surface area contributed by atoms with Crippen LogP contribution in [0.2, 0.25) is 5.02 Å². The fraction of sp³-hybridized carbons (Fsp3) is 0.316. The largest absolute Gasteiger partial charge is 0.346 e. The van der Waals surface area contributed by atoms with Crippen LogP contribution >= 0.6 is 11.6 Å². The lowest BCUT2D eigenvalue weighted by Crippen LogP contribution is -2.26. The Morgan fingerprint density at radius 1 is 1.09 bits per heavy atom. The van der Waals surface area contributed by atoms with Crippen molar-refractivity contribution in [1.82, 2.24) is 5.32 Å². The number of fused-ring (bicyclic) bond motifs is 1. The fourth-order valence-electron chi connectivity index (χ4n) is 3.02. The van der Waals surface area contributed by atoms with Gasteiger partial charge in [0.1, 0.15) is 0 Å². The second-order valence-corrected chi connectivity index (χ2v) is 6.38. The van der Waals surface area contributed by atoms with Crippen LogP contribution in [0.25, 0.3) is 0 Å². The van der Waals surface area contributed by atoms with Gasteiger partial charge in [-0.15, -0.1) is 0 Å². The summed E-state index contributed by atoms with van der Waals surface area (Å²) >= 11 is 5.94. The van der Waals surface area contributed by atoms with Gasteiger partial charge in [-0.1, -0.05) is 35.9 Å². The maximum atomic E-state index is 12.3. The highest BCUT2D eigenvalue weighted by Gasteiger charge is 2.15. The maximum Gasteiger partial charge on any atom is 0.251 e. The van der Waals surface area contributed by atoms with Gasteiger partial charge in [-0.2, -0.15) is 0 Å². The molecular weight excluding hydrogens is 294 g/mol. The summed E-state index contributed by atoms with van der Waals surface area (Å²) < 4.78 is 0. The third-order valence-electron chi connectivity index (χ3n) is 4.31. The first-order valence-electron chi connectivity index (χ1n) is 7.81. The van der Waals surface area contributed by atoms with E-state index < -0.39 is 0 Å². The number of hydrogen-bond acceptors (Lipinski definition) is 1. The number of benzene rings is 2. The molecule has 1 aliphatic rings. The molecule has 1 atom stereocenters. The summed E-state index contributed by atoms with van der Waals surface area (Å²) in [7, 11) is 0. The molecule has 2 aromatic rings. The molecule has 0 saturated carbocycles. The van der Waals surface area contributed by atoms with E-state index in [2.05, 4.69) is 23.5 Å². The van der Waals surface area contributed by atoms with Gasteiger partial charge in [0.25, 0.3) is 5.91 Å². The standard InChI is InChI=1S/C19H20ClNO/c1-13(21-19(22)17-7-4-8-18(20)12-17)15-10-9-14-5-2-3-6-16(14)11-15/h4,7-13H,2-3,5-6H2,1H3,(H,21,22). The van der Waals surface area contributed by atoms with Crippen LogP contribution in [-0.4, -0.2) is 5.91 Å². The first kappa shape index (κ1) is 15.1. The summed E-state index contributed by atoms with van der Waals surface area (Å²) in [6.07, 6.45) is 4.88. The van der Waals surface area contributed by atoms with Gasteiger partial charge in [0.15, 0.2) is 0 Å². The van der Waals surface area contributed by atoms with Crippen LogP contribution in [0.15, 0.2) is 42.5 Å². The molecule has 2 aromatic carbocycles. The number of amides is 1. The molecular formula is C19H20ClNO. The van der Waals surface area contributed by atoms with Gasteiger partial charge in [-0.05, 0) is 67.5 Å². The summed E-state index contributed by atoms with van der Waals surface area (Å²) in [5, 5.41) is 3.63. The maximum absolute atomic E-state index is 12.3. The van der Waals surface area contributed by atoms with E-state index in [0.29, 0.717) is 10.6 Å². The molecule has 1 unspecified atom stereocenters. The molecule has 0 heterocycles. The molecule has 0 radical (unpaired) electrons. The lowest BCUT2D eigenvalue weighted by atomic mass is 9.89. The minimum atomic E-state index is -0.0901. The van der Waals surface area contributed by atoms with Gasteiger partial charge >= 0.3 is 0 Å². The molecule has 1 N–H and O–H groups in total. The number of aryl methyl sites for hydroxylation is 2. The van der Waals surface area contributed by atoms with E-state index in [1.165, 1.54) is 30.4 Å². The summed E-state index contributed by atoms with van der Waals surface area (Å²) in [4.78, 5) is 12.3. The van der Waals surface area contributed by atoms with Crippen LogP contribution in [0.3, 0.4) is 0 Å². The van der Waals surface area contributed by atoms with Crippen LogP contribution in [-0.2, 0) is 12.8 Å². The summed E-state index contributed by atoms with van der Waals surface area (Å²) in [5.41, 5.74) is 4.66. The topological polar surface area (TPSA) is 29.1 Å². The number of halogens is 1. The van der Waals surface area contributed by atoms with Crippen molar-refractivity contribution in [3.63, 3.8) is 0 Å². The minimum absolute atomic E-state index is 0.0151. The number of carbonyl (C=O) groups excluding carboxylic acids is 1. The molecule has 0 aliphatic heterocycles. The molecule has 22 heavy (non-hydrogen) atoms. The zero-order valence-corrected chi connectivity index (χ0v) is 13.5. The molecule has 1 aliphatic carbocycles. The van der Waals surface area contributed by atoms with Crippen molar-refractivity contribution in [2.75, 3.05) is 0 Å². The number of rotatable bonds is 3. The normalized spacial score (nSPS) is 15.0. The lowest BCUT2D eigenvalue weighted by molar-refractivity contribution is 0.0940. The SMILES string of the molecule is CC(NC(=O)c1cccc(Cl)c1)c1ccc2c(c1)CCCC2. The lowest BCUT2D eigenvalue weighted by Gasteiger charge is -2.20. The Morgan fingerprint density at radius 3 is 2.64 bits per heavy atom. The van der Waals surface area contributed by atoms with E-state index in [-0.39, 0.29) is 11.9 Å². The Balaban J connectivity index is 1.74. The molecule has 0 bridgehead atoms. The van der Waals surface area contributed by atoms with E-state index in [4.69, 9.17) is 11.6 Å². The Kier molecular flexibility index (Phi) is 4.49. The van der Waals surface area contributed by atoms with E-state index >= 15 is 0 Å². The monoisotopic (exact) mass is 313 g/mol. The van der Waals surface area contributed by atoms with Gasteiger partial charge in [0.2, 0.25) is 0 Å². The van der Waals surface area contributed by atoms with Crippen LogP contribution < -0.4 is 5.32 Å². The zero-order chi connectivity index (χ0) is 15.5. The summed E-state index contributed by atoms with van der Waals surface area (Å²) in [6.45, 7) is 2.02. The second kappa shape index (κ2) is 6.53. The van der Waals surface area contributed by atoms with Gasteiger partial charge < -0.3 is 5.32 Å². The van der Waals surface area contributed by atoms with E-state index in [1.54, 1.807) is 24.3 Å². The second-order valence-electron chi connectivity index (χ2n) is 5.94. The van der Waals surface area contributed by atoms with E-state index in [9.17, 15) is 4.79 Å². The average molecular weight is 314 g/mol. The van der Waals surface area contributed by atoms with Crippen molar-refractivity contribution >= 4 is 17.5 Å². The smallest absolute Gasteiger partial charge is 0.251 e. The molecule has 1 amide bonds. The highest BCUT2D eigenvalue weighted by atomic mass is 35.5. The van der Waals surface area contributed by atoms with Crippen molar-refractivity contribution in [3.8, 4) is 0 Å². The Morgan fingerprint density at radius 2 is 1.86 bits per heavy atom. The van der Waals surface area contributed by atoms with Gasteiger partial charge in [-0.3, -0.25) is 4.79 Å². The molecule has 0 fully saturated rings. The molecule has 0 saturated heterocycles. The predicted molar refractivity (Wildman–Crippen MR) is 90.4 cm³/mol. The third-order valence-corrected chi connectivity index (χ3v) is 4.54. The Labute approximate surface area is 136 Å². The Bertz CT molecular complexity index is 696. The number of nitrogens with one attached hydrogen (secondary N) is 1. The van der Waals surface area contributed by atoms with E-state index in [1.807, 2.05) is 6.92 Å². The highest BCUT2D eigenvalue weighted by molar-refractivity contribution is 6.30. The highest BCUT2D eigenvalue weighted by Crippen LogP contribution is 2.25. The first-order valence-corrected chi connectivity index (χ1v) is 8.19. The van der Waals surface area contributed by atoms with E-state index in [0.717, 1.165) is 12.0 Å². The third kappa shape index (κ3) is 3.33. The number of carbonyl (C=O) groups is 1. The predicted octanol–water partition coefficient (Wildman–Crippen LogP) is 4.71. The van der Waals surface area contributed by atoms with Crippen LogP contribution in [0, 0.1) is 0 Å². The molecule has 114 valence electrons.